The first kappa shape index (κ1) is 10.9. The number of nitrogens with zero attached hydrogens (tertiary/aromatic N) is 3. The lowest BCUT2D eigenvalue weighted by atomic mass is 10.2. The van der Waals surface area contributed by atoms with Crippen molar-refractivity contribution >= 4 is 12.1 Å². The minimum absolute atomic E-state index is 0.140. The smallest absolute Gasteiger partial charge is 0.265 e. The van der Waals surface area contributed by atoms with Crippen molar-refractivity contribution in [1.82, 2.24) is 20.8 Å². The van der Waals surface area contributed by atoms with Crippen LogP contribution in [-0.4, -0.2) is 27.5 Å². The highest BCUT2D eigenvalue weighted by Gasteiger charge is 2.05. The quantitative estimate of drug-likeness (QED) is 0.605. The third kappa shape index (κ3) is 2.94. The molecule has 0 unspecified atom stereocenters. The maximum absolute atomic E-state index is 12.6. The average Bonchev–Trinajstić information content (AvgIpc) is 2.85. The number of benzene rings is 1. The molecule has 0 saturated heterocycles. The summed E-state index contributed by atoms with van der Waals surface area (Å²) in [6.07, 6.45) is 2.68. The van der Waals surface area contributed by atoms with Gasteiger partial charge in [-0.3, -0.25) is 4.79 Å². The zero-order valence-corrected chi connectivity index (χ0v) is 8.59. The molecule has 0 aliphatic heterocycles. The molecule has 17 heavy (non-hydrogen) atoms. The summed E-state index contributed by atoms with van der Waals surface area (Å²) in [5.74, 6) is -0.800. The van der Waals surface area contributed by atoms with Crippen LogP contribution in [0.1, 0.15) is 16.1 Å². The molecule has 2 aromatic rings. The second-order valence-corrected chi connectivity index (χ2v) is 3.11. The van der Waals surface area contributed by atoms with E-state index in [4.69, 9.17) is 0 Å². The fourth-order valence-corrected chi connectivity index (χ4v) is 1.08. The van der Waals surface area contributed by atoms with Crippen molar-refractivity contribution in [2.45, 2.75) is 0 Å². The predicted molar refractivity (Wildman–Crippen MR) is 57.8 cm³/mol. The Morgan fingerprint density at radius 2 is 2.18 bits per heavy atom. The van der Waals surface area contributed by atoms with E-state index in [-0.39, 0.29) is 11.5 Å². The van der Waals surface area contributed by atoms with Crippen LogP contribution in [0, 0.1) is 5.82 Å². The number of aromatic amines is 1. The second kappa shape index (κ2) is 4.97. The van der Waals surface area contributed by atoms with E-state index in [1.807, 2.05) is 0 Å². The van der Waals surface area contributed by atoms with Crippen molar-refractivity contribution in [2.75, 3.05) is 0 Å². The lowest BCUT2D eigenvalue weighted by Crippen LogP contribution is -2.17. The van der Waals surface area contributed by atoms with E-state index < -0.39 is 5.91 Å². The van der Waals surface area contributed by atoms with Gasteiger partial charge in [0.05, 0.1) is 12.4 Å². The monoisotopic (exact) mass is 233 g/mol. The van der Waals surface area contributed by atoms with Crippen LogP contribution in [0.25, 0.3) is 0 Å². The highest BCUT2D eigenvalue weighted by molar-refractivity contribution is 5.92. The number of hydrogen-bond donors (Lipinski definition) is 2. The van der Waals surface area contributed by atoms with Gasteiger partial charge >= 0.3 is 0 Å². The number of carbonyl (C=O) groups is 1. The largest absolute Gasteiger partial charge is 0.293 e. The first-order valence-electron chi connectivity index (χ1n) is 4.70. The molecule has 1 aromatic carbocycles. The van der Waals surface area contributed by atoms with Gasteiger partial charge in [-0.15, -0.1) is 0 Å². The average molecular weight is 233 g/mol. The molecule has 0 spiro atoms. The highest BCUT2D eigenvalue weighted by Crippen LogP contribution is 1.99. The third-order valence-electron chi connectivity index (χ3n) is 1.90. The van der Waals surface area contributed by atoms with E-state index in [1.54, 1.807) is 12.1 Å². The molecule has 2 rings (SSSR count). The van der Waals surface area contributed by atoms with Crippen LogP contribution < -0.4 is 5.43 Å². The molecule has 0 fully saturated rings. The van der Waals surface area contributed by atoms with Gasteiger partial charge in [0.25, 0.3) is 5.91 Å². The normalized spacial score (nSPS) is 10.6. The van der Waals surface area contributed by atoms with Crippen LogP contribution in [0.3, 0.4) is 0 Å². The van der Waals surface area contributed by atoms with Crippen molar-refractivity contribution in [1.29, 1.82) is 0 Å². The highest BCUT2D eigenvalue weighted by atomic mass is 19.1. The second-order valence-electron chi connectivity index (χ2n) is 3.11. The fraction of sp³-hybridized carbons (Fsp3) is 0. The number of rotatable bonds is 3. The minimum Gasteiger partial charge on any atom is -0.265 e. The molecule has 7 heteroatoms. The molecule has 6 nitrogen and oxygen atoms in total. The maximum Gasteiger partial charge on any atom is 0.293 e. The Labute approximate surface area is 95.5 Å². The van der Waals surface area contributed by atoms with Gasteiger partial charge in [-0.05, 0) is 17.7 Å². The number of H-pyrrole nitrogens is 1. The number of amides is 1. The van der Waals surface area contributed by atoms with Gasteiger partial charge in [-0.2, -0.15) is 20.5 Å². The van der Waals surface area contributed by atoms with E-state index in [9.17, 15) is 9.18 Å². The molecule has 1 heterocycles. The third-order valence-corrected chi connectivity index (χ3v) is 1.90. The van der Waals surface area contributed by atoms with Crippen LogP contribution in [0.2, 0.25) is 0 Å². The summed E-state index contributed by atoms with van der Waals surface area (Å²) in [5.41, 5.74) is 3.08. The minimum atomic E-state index is -0.475. The van der Waals surface area contributed by atoms with Crippen LogP contribution >= 0.6 is 0 Å². The molecule has 2 N–H and O–H groups in total. The summed E-state index contributed by atoms with van der Waals surface area (Å²) in [6, 6.07) is 5.70. The van der Waals surface area contributed by atoms with Crippen molar-refractivity contribution in [3.05, 3.63) is 47.5 Å². The number of aromatic nitrogens is 3. The van der Waals surface area contributed by atoms with Crippen molar-refractivity contribution < 1.29 is 9.18 Å². The molecule has 0 aliphatic rings. The van der Waals surface area contributed by atoms with Crippen molar-refractivity contribution in [3.8, 4) is 0 Å². The van der Waals surface area contributed by atoms with Crippen molar-refractivity contribution in [3.63, 3.8) is 0 Å². The van der Waals surface area contributed by atoms with E-state index in [0.717, 1.165) is 0 Å². The summed E-state index contributed by atoms with van der Waals surface area (Å²) in [7, 11) is 0. The molecule has 0 radical (unpaired) electrons. The summed E-state index contributed by atoms with van der Waals surface area (Å²) in [4.78, 5) is 11.3. The topological polar surface area (TPSA) is 83.0 Å². The SMILES string of the molecule is O=C(NN=Cc1ccc(F)cc1)c1cn[nH]n1. The van der Waals surface area contributed by atoms with E-state index in [1.165, 1.54) is 24.5 Å². The Bertz CT molecular complexity index is 520. The van der Waals surface area contributed by atoms with Gasteiger partial charge < -0.3 is 0 Å². The number of carbonyl (C=O) groups excluding carboxylic acids is 1. The summed E-state index contributed by atoms with van der Waals surface area (Å²) in [6.45, 7) is 0. The first-order chi connectivity index (χ1) is 8.25. The zero-order chi connectivity index (χ0) is 12.1. The van der Waals surface area contributed by atoms with Crippen LogP contribution in [0.4, 0.5) is 4.39 Å². The van der Waals surface area contributed by atoms with Gasteiger partial charge in [0.2, 0.25) is 0 Å². The molecule has 0 bridgehead atoms. The molecule has 86 valence electrons. The van der Waals surface area contributed by atoms with Gasteiger partial charge in [-0.25, -0.2) is 9.82 Å². The standard InChI is InChI=1S/C10H8FN5O/c11-8-3-1-7(2-4-8)5-12-15-10(17)9-6-13-16-14-9/h1-6H,(H,15,17)(H,13,14,16). The number of hydrogen-bond acceptors (Lipinski definition) is 4. The zero-order valence-electron chi connectivity index (χ0n) is 8.59. The molecule has 1 amide bonds. The van der Waals surface area contributed by atoms with Crippen LogP contribution in [0.15, 0.2) is 35.6 Å². The Morgan fingerprint density at radius 1 is 1.41 bits per heavy atom. The predicted octanol–water partition coefficient (Wildman–Crippen LogP) is 0.708. The number of nitrogens with one attached hydrogen (secondary N) is 2. The Kier molecular flexibility index (Phi) is 3.20. The summed E-state index contributed by atoms with van der Waals surface area (Å²) >= 11 is 0. The van der Waals surface area contributed by atoms with Gasteiger partial charge in [0, 0.05) is 0 Å². The Hall–Kier alpha value is -2.57. The lowest BCUT2D eigenvalue weighted by molar-refractivity contribution is 0.0950. The van der Waals surface area contributed by atoms with E-state index in [0.29, 0.717) is 5.56 Å². The van der Waals surface area contributed by atoms with Crippen LogP contribution in [0.5, 0.6) is 0 Å². The summed E-state index contributed by atoms with van der Waals surface area (Å²) in [5, 5.41) is 13.1. The fourth-order valence-electron chi connectivity index (χ4n) is 1.08. The Balaban J connectivity index is 1.94. The number of hydrazone groups is 1. The summed E-state index contributed by atoms with van der Waals surface area (Å²) < 4.78 is 12.6. The molecule has 1 aromatic heterocycles. The molecular weight excluding hydrogens is 225 g/mol. The molecule has 0 saturated carbocycles. The van der Waals surface area contributed by atoms with Gasteiger partial charge in [0.15, 0.2) is 5.69 Å². The number of halogens is 1. The van der Waals surface area contributed by atoms with Gasteiger partial charge in [-0.1, -0.05) is 12.1 Å². The molecular formula is C10H8FN5O. The first-order valence-corrected chi connectivity index (χ1v) is 4.70. The van der Waals surface area contributed by atoms with E-state index in [2.05, 4.69) is 25.9 Å². The van der Waals surface area contributed by atoms with Crippen LogP contribution in [-0.2, 0) is 0 Å². The Morgan fingerprint density at radius 3 is 2.82 bits per heavy atom. The maximum atomic E-state index is 12.6. The lowest BCUT2D eigenvalue weighted by Gasteiger charge is -1.94. The van der Waals surface area contributed by atoms with E-state index >= 15 is 0 Å². The van der Waals surface area contributed by atoms with Gasteiger partial charge in [0.1, 0.15) is 5.82 Å². The van der Waals surface area contributed by atoms with Crippen molar-refractivity contribution in [2.24, 2.45) is 5.10 Å². The molecule has 0 aliphatic carbocycles. The molecule has 0 atom stereocenters.